The van der Waals surface area contributed by atoms with Gasteiger partial charge in [0.1, 0.15) is 5.75 Å². The Morgan fingerprint density at radius 2 is 2.16 bits per heavy atom. The monoisotopic (exact) mass is 475 g/mol. The van der Waals surface area contributed by atoms with E-state index in [-0.39, 0.29) is 22.2 Å². The van der Waals surface area contributed by atoms with Gasteiger partial charge in [-0.15, -0.1) is 0 Å². The van der Waals surface area contributed by atoms with E-state index in [9.17, 15) is 20.0 Å². The normalized spacial score (nSPS) is 10.6. The molecule has 130 valence electrons. The first-order chi connectivity index (χ1) is 11.9. The number of carbonyl (C=O) groups excluding carboxylic acids is 1. The zero-order chi connectivity index (χ0) is 18.4. The highest BCUT2D eigenvalue weighted by Crippen LogP contribution is 2.29. The van der Waals surface area contributed by atoms with Gasteiger partial charge in [-0.05, 0) is 58.5 Å². The number of hydrazone groups is 1. The Bertz CT molecular complexity index is 844. The van der Waals surface area contributed by atoms with Gasteiger partial charge in [0.2, 0.25) is 0 Å². The first-order valence-corrected chi connectivity index (χ1v) is 8.19. The van der Waals surface area contributed by atoms with Crippen LogP contribution in [0.3, 0.4) is 0 Å². The highest BCUT2D eigenvalue weighted by Gasteiger charge is 2.16. The zero-order valence-corrected chi connectivity index (χ0v) is 15.4. The Morgan fingerprint density at radius 1 is 1.40 bits per heavy atom. The van der Waals surface area contributed by atoms with Crippen LogP contribution in [0.2, 0.25) is 5.02 Å². The van der Waals surface area contributed by atoms with Gasteiger partial charge in [0.05, 0.1) is 14.7 Å². The van der Waals surface area contributed by atoms with Crippen LogP contribution in [0.1, 0.15) is 5.56 Å². The number of rotatable bonds is 6. The number of benzene rings is 2. The van der Waals surface area contributed by atoms with Crippen molar-refractivity contribution in [3.8, 4) is 11.5 Å². The summed E-state index contributed by atoms with van der Waals surface area (Å²) in [4.78, 5) is 22.0. The summed E-state index contributed by atoms with van der Waals surface area (Å²) in [5.41, 5.74) is 2.59. The van der Waals surface area contributed by atoms with Crippen LogP contribution in [0.25, 0.3) is 0 Å². The minimum atomic E-state index is -0.649. The molecule has 0 fully saturated rings. The molecule has 0 spiro atoms. The Morgan fingerprint density at radius 3 is 2.84 bits per heavy atom. The second kappa shape index (κ2) is 8.62. The molecule has 0 aliphatic heterocycles. The number of carbonyl (C=O) groups is 1. The lowest BCUT2D eigenvalue weighted by atomic mass is 10.2. The zero-order valence-electron chi connectivity index (χ0n) is 12.5. The lowest BCUT2D eigenvalue weighted by Crippen LogP contribution is -2.24. The summed E-state index contributed by atoms with van der Waals surface area (Å²) in [6.07, 6.45) is 1.39. The minimum absolute atomic E-state index is 0.0679. The molecule has 0 unspecified atom stereocenters. The van der Waals surface area contributed by atoms with Crippen molar-refractivity contribution in [2.75, 3.05) is 6.61 Å². The number of nitro benzene ring substituents is 1. The Balaban J connectivity index is 1.92. The number of nitro groups is 1. The molecule has 0 radical (unpaired) electrons. The smallest absolute Gasteiger partial charge is 0.312 e. The van der Waals surface area contributed by atoms with Crippen LogP contribution in [-0.4, -0.2) is 28.8 Å². The summed E-state index contributed by atoms with van der Waals surface area (Å²) >= 11 is 7.66. The third kappa shape index (κ3) is 5.57. The van der Waals surface area contributed by atoms with Crippen LogP contribution in [0, 0.1) is 13.7 Å². The fourth-order valence-corrected chi connectivity index (χ4v) is 2.42. The number of hydrogen-bond acceptors (Lipinski definition) is 6. The molecule has 10 heteroatoms. The van der Waals surface area contributed by atoms with Gasteiger partial charge in [-0.2, -0.15) is 5.10 Å². The average molecular weight is 476 g/mol. The van der Waals surface area contributed by atoms with E-state index in [2.05, 4.69) is 10.5 Å². The number of halogens is 2. The van der Waals surface area contributed by atoms with Crippen LogP contribution in [0.5, 0.6) is 11.5 Å². The Labute approximate surface area is 160 Å². The van der Waals surface area contributed by atoms with Crippen molar-refractivity contribution in [1.29, 1.82) is 0 Å². The molecule has 0 atom stereocenters. The van der Waals surface area contributed by atoms with Crippen molar-refractivity contribution >= 4 is 52.0 Å². The number of nitrogens with one attached hydrogen (secondary N) is 1. The summed E-state index contributed by atoms with van der Waals surface area (Å²) in [6.45, 7) is -0.451. The fourth-order valence-electron chi connectivity index (χ4n) is 1.71. The molecule has 0 bridgehead atoms. The maximum Gasteiger partial charge on any atom is 0.312 e. The lowest BCUT2D eigenvalue weighted by Gasteiger charge is -2.06. The van der Waals surface area contributed by atoms with Crippen LogP contribution >= 0.6 is 34.2 Å². The van der Waals surface area contributed by atoms with E-state index in [0.717, 1.165) is 6.07 Å². The molecule has 0 aromatic heterocycles. The van der Waals surface area contributed by atoms with Crippen molar-refractivity contribution < 1.29 is 19.6 Å². The fraction of sp³-hybridized carbons (Fsp3) is 0.0667. The van der Waals surface area contributed by atoms with E-state index in [1.165, 1.54) is 24.4 Å². The predicted octanol–water partition coefficient (Wildman–Crippen LogP) is 3.09. The summed E-state index contributed by atoms with van der Waals surface area (Å²) in [6, 6.07) is 8.69. The van der Waals surface area contributed by atoms with Crippen molar-refractivity contribution in [3.05, 3.63) is 60.7 Å². The molecule has 1 amide bonds. The SMILES string of the molecule is O=C(COc1ccc(Cl)cc1[N+](=O)[O-])N/N=C\c1ccc(O)c(I)c1. The molecule has 0 aliphatic rings. The quantitative estimate of drug-likeness (QED) is 0.288. The van der Waals surface area contributed by atoms with Crippen molar-refractivity contribution in [2.45, 2.75) is 0 Å². The molecule has 0 heterocycles. The van der Waals surface area contributed by atoms with Gasteiger partial charge in [-0.25, -0.2) is 5.43 Å². The molecule has 0 saturated heterocycles. The maximum atomic E-state index is 11.7. The number of nitrogens with zero attached hydrogens (tertiary/aromatic N) is 2. The van der Waals surface area contributed by atoms with Gasteiger partial charge in [-0.3, -0.25) is 14.9 Å². The first-order valence-electron chi connectivity index (χ1n) is 6.74. The molecule has 2 rings (SSSR count). The van der Waals surface area contributed by atoms with E-state index in [1.807, 2.05) is 22.6 Å². The first kappa shape index (κ1) is 18.9. The summed E-state index contributed by atoms with van der Waals surface area (Å²) in [5, 5.41) is 24.3. The molecule has 0 saturated carbocycles. The second-order valence-electron chi connectivity index (χ2n) is 4.66. The van der Waals surface area contributed by atoms with E-state index < -0.39 is 17.4 Å². The molecule has 2 N–H and O–H groups in total. The van der Waals surface area contributed by atoms with E-state index in [0.29, 0.717) is 9.13 Å². The van der Waals surface area contributed by atoms with Crippen LogP contribution < -0.4 is 10.2 Å². The van der Waals surface area contributed by atoms with Crippen LogP contribution in [0.4, 0.5) is 5.69 Å². The van der Waals surface area contributed by atoms with Crippen LogP contribution in [-0.2, 0) is 4.79 Å². The third-order valence-corrected chi connectivity index (χ3v) is 3.95. The predicted molar refractivity (Wildman–Crippen MR) is 100 cm³/mol. The lowest BCUT2D eigenvalue weighted by molar-refractivity contribution is -0.385. The third-order valence-electron chi connectivity index (χ3n) is 2.85. The van der Waals surface area contributed by atoms with E-state index in [1.54, 1.807) is 12.1 Å². The van der Waals surface area contributed by atoms with Crippen molar-refractivity contribution in [3.63, 3.8) is 0 Å². The van der Waals surface area contributed by atoms with Gasteiger partial charge in [0, 0.05) is 11.1 Å². The average Bonchev–Trinajstić information content (AvgIpc) is 2.56. The number of amides is 1. The van der Waals surface area contributed by atoms with Crippen molar-refractivity contribution in [1.82, 2.24) is 5.43 Å². The maximum absolute atomic E-state index is 11.7. The topological polar surface area (TPSA) is 114 Å². The highest BCUT2D eigenvalue weighted by molar-refractivity contribution is 14.1. The highest BCUT2D eigenvalue weighted by atomic mass is 127. The second-order valence-corrected chi connectivity index (χ2v) is 6.26. The standard InChI is InChI=1S/C15H11ClIN3O5/c16-10-2-4-14(12(6-10)20(23)24)25-8-15(22)19-18-7-9-1-3-13(21)11(17)5-9/h1-7,21H,8H2,(H,19,22)/b18-7-. The number of phenols is 1. The van der Waals surface area contributed by atoms with Crippen LogP contribution in [0.15, 0.2) is 41.5 Å². The molecule has 2 aromatic rings. The van der Waals surface area contributed by atoms with Crippen molar-refractivity contribution in [2.24, 2.45) is 5.10 Å². The number of hydrogen-bond donors (Lipinski definition) is 2. The molecule has 8 nitrogen and oxygen atoms in total. The number of ether oxygens (including phenoxy) is 1. The minimum Gasteiger partial charge on any atom is -0.507 e. The summed E-state index contributed by atoms with van der Waals surface area (Å²) < 4.78 is 5.78. The molecule has 25 heavy (non-hydrogen) atoms. The van der Waals surface area contributed by atoms with Gasteiger partial charge in [0.15, 0.2) is 12.4 Å². The summed E-state index contributed by atoms with van der Waals surface area (Å²) in [7, 11) is 0. The molecular weight excluding hydrogens is 465 g/mol. The van der Waals surface area contributed by atoms with Gasteiger partial charge in [0.25, 0.3) is 5.91 Å². The van der Waals surface area contributed by atoms with E-state index in [4.69, 9.17) is 16.3 Å². The van der Waals surface area contributed by atoms with Gasteiger partial charge >= 0.3 is 5.69 Å². The largest absolute Gasteiger partial charge is 0.507 e. The Kier molecular flexibility index (Phi) is 6.53. The summed E-state index contributed by atoms with van der Waals surface area (Å²) in [5.74, 6) is -0.504. The molecular formula is C15H11ClIN3O5. The Hall–Kier alpha value is -2.40. The van der Waals surface area contributed by atoms with Gasteiger partial charge in [-0.1, -0.05) is 11.6 Å². The molecule has 0 aliphatic carbocycles. The molecule has 2 aromatic carbocycles. The van der Waals surface area contributed by atoms with E-state index >= 15 is 0 Å². The number of aromatic hydroxyl groups is 1. The number of phenolic OH excluding ortho intramolecular Hbond substituents is 1. The van der Waals surface area contributed by atoms with Gasteiger partial charge < -0.3 is 9.84 Å².